The maximum Gasteiger partial charge on any atom is 0.0686 e. The zero-order chi connectivity index (χ0) is 14.6. The Bertz CT molecular complexity index is 413. The highest BCUT2D eigenvalue weighted by atomic mass is 35.5. The second-order valence-electron chi connectivity index (χ2n) is 6.12. The Morgan fingerprint density at radius 3 is 2.47 bits per heavy atom. The molecule has 0 aliphatic carbocycles. The standard InChI is InChI=1S/C15H25ClN2O/c1-11(19)10-18(5)14-7-6-12(8-13(14)16)9-17-15(2,3)4/h6-8,11,17,19H,9-10H2,1-5H3. The Hall–Kier alpha value is -0.770. The van der Waals surface area contributed by atoms with Crippen molar-refractivity contribution >= 4 is 17.3 Å². The van der Waals surface area contributed by atoms with Gasteiger partial charge in [0, 0.05) is 25.7 Å². The Morgan fingerprint density at radius 1 is 1.37 bits per heavy atom. The first kappa shape index (κ1) is 16.3. The van der Waals surface area contributed by atoms with E-state index >= 15 is 0 Å². The normalized spacial score (nSPS) is 13.4. The van der Waals surface area contributed by atoms with Crippen LogP contribution in [0.3, 0.4) is 0 Å². The summed E-state index contributed by atoms with van der Waals surface area (Å²) in [4.78, 5) is 1.97. The van der Waals surface area contributed by atoms with E-state index in [1.54, 1.807) is 6.92 Å². The van der Waals surface area contributed by atoms with Gasteiger partial charge in [-0.15, -0.1) is 0 Å². The Morgan fingerprint density at radius 2 is 2.00 bits per heavy atom. The molecule has 0 saturated heterocycles. The van der Waals surface area contributed by atoms with E-state index < -0.39 is 0 Å². The first-order valence-corrected chi connectivity index (χ1v) is 6.99. The van der Waals surface area contributed by atoms with Gasteiger partial charge in [0.05, 0.1) is 16.8 Å². The molecule has 0 spiro atoms. The summed E-state index contributed by atoms with van der Waals surface area (Å²) in [6.07, 6.45) is -0.372. The van der Waals surface area contributed by atoms with E-state index in [4.69, 9.17) is 11.6 Å². The lowest BCUT2D eigenvalue weighted by atomic mass is 10.1. The van der Waals surface area contributed by atoms with Gasteiger partial charge in [-0.25, -0.2) is 0 Å². The molecule has 1 aromatic carbocycles. The van der Waals surface area contributed by atoms with E-state index in [9.17, 15) is 5.11 Å². The Labute approximate surface area is 121 Å². The van der Waals surface area contributed by atoms with Crippen molar-refractivity contribution in [2.75, 3.05) is 18.5 Å². The number of benzene rings is 1. The number of halogens is 1. The number of nitrogens with zero attached hydrogens (tertiary/aromatic N) is 1. The number of anilines is 1. The van der Waals surface area contributed by atoms with Crippen LogP contribution >= 0.6 is 11.6 Å². The molecular weight excluding hydrogens is 260 g/mol. The van der Waals surface area contributed by atoms with E-state index in [-0.39, 0.29) is 11.6 Å². The van der Waals surface area contributed by atoms with Crippen LogP contribution in [0.4, 0.5) is 5.69 Å². The molecule has 0 radical (unpaired) electrons. The topological polar surface area (TPSA) is 35.5 Å². The van der Waals surface area contributed by atoms with Crippen molar-refractivity contribution in [2.45, 2.75) is 45.9 Å². The molecule has 1 aromatic rings. The van der Waals surface area contributed by atoms with Crippen molar-refractivity contribution in [3.63, 3.8) is 0 Å². The highest BCUT2D eigenvalue weighted by Gasteiger charge is 2.11. The molecule has 0 aliphatic heterocycles. The van der Waals surface area contributed by atoms with Gasteiger partial charge >= 0.3 is 0 Å². The molecule has 4 heteroatoms. The molecule has 1 unspecified atom stereocenters. The van der Waals surface area contributed by atoms with Gasteiger partial charge in [-0.05, 0) is 45.4 Å². The van der Waals surface area contributed by atoms with Crippen molar-refractivity contribution < 1.29 is 5.11 Å². The number of aliphatic hydroxyl groups is 1. The van der Waals surface area contributed by atoms with Crippen molar-refractivity contribution in [3.05, 3.63) is 28.8 Å². The van der Waals surface area contributed by atoms with E-state index in [0.717, 1.165) is 22.8 Å². The fraction of sp³-hybridized carbons (Fsp3) is 0.600. The minimum absolute atomic E-state index is 0.0915. The summed E-state index contributed by atoms with van der Waals surface area (Å²) in [5.74, 6) is 0. The van der Waals surface area contributed by atoms with Gasteiger partial charge in [0.2, 0.25) is 0 Å². The zero-order valence-electron chi connectivity index (χ0n) is 12.5. The van der Waals surface area contributed by atoms with Crippen molar-refractivity contribution in [1.82, 2.24) is 5.32 Å². The van der Waals surface area contributed by atoms with Crippen LogP contribution in [0.15, 0.2) is 18.2 Å². The number of aliphatic hydroxyl groups excluding tert-OH is 1. The average Bonchev–Trinajstić information content (AvgIpc) is 2.24. The predicted molar refractivity (Wildman–Crippen MR) is 83.0 cm³/mol. The van der Waals surface area contributed by atoms with Gasteiger partial charge in [0.25, 0.3) is 0 Å². The molecule has 0 amide bonds. The van der Waals surface area contributed by atoms with Crippen molar-refractivity contribution in [1.29, 1.82) is 0 Å². The lowest BCUT2D eigenvalue weighted by Gasteiger charge is -2.23. The van der Waals surface area contributed by atoms with E-state index in [2.05, 4.69) is 32.2 Å². The predicted octanol–water partition coefficient (Wildman–Crippen LogP) is 3.05. The quantitative estimate of drug-likeness (QED) is 0.872. The lowest BCUT2D eigenvalue weighted by Crippen LogP contribution is -2.35. The SMILES string of the molecule is CC(O)CN(C)c1ccc(CNC(C)(C)C)cc1Cl. The molecule has 3 nitrogen and oxygen atoms in total. The summed E-state index contributed by atoms with van der Waals surface area (Å²) in [5, 5.41) is 13.6. The number of nitrogens with one attached hydrogen (secondary N) is 1. The summed E-state index contributed by atoms with van der Waals surface area (Å²) >= 11 is 6.31. The summed E-state index contributed by atoms with van der Waals surface area (Å²) in [5.41, 5.74) is 2.20. The molecule has 0 heterocycles. The highest BCUT2D eigenvalue weighted by Crippen LogP contribution is 2.26. The molecule has 0 bridgehead atoms. The molecule has 1 rings (SSSR count). The van der Waals surface area contributed by atoms with Gasteiger partial charge in [0.15, 0.2) is 0 Å². The van der Waals surface area contributed by atoms with E-state index in [0.29, 0.717) is 6.54 Å². The van der Waals surface area contributed by atoms with Crippen LogP contribution in [0.5, 0.6) is 0 Å². The van der Waals surface area contributed by atoms with Crippen LogP contribution < -0.4 is 10.2 Å². The molecular formula is C15H25ClN2O. The van der Waals surface area contributed by atoms with Crippen molar-refractivity contribution in [3.8, 4) is 0 Å². The second-order valence-corrected chi connectivity index (χ2v) is 6.53. The summed E-state index contributed by atoms with van der Waals surface area (Å²) in [7, 11) is 1.93. The maximum atomic E-state index is 9.41. The summed E-state index contributed by atoms with van der Waals surface area (Å²) in [6, 6.07) is 6.05. The maximum absolute atomic E-state index is 9.41. The third-order valence-electron chi connectivity index (χ3n) is 2.78. The molecule has 0 saturated carbocycles. The van der Waals surface area contributed by atoms with E-state index in [1.807, 2.05) is 24.1 Å². The number of hydrogen-bond donors (Lipinski definition) is 2. The summed E-state index contributed by atoms with van der Waals surface area (Å²) in [6.45, 7) is 9.55. The third-order valence-corrected chi connectivity index (χ3v) is 3.09. The van der Waals surface area contributed by atoms with Gasteiger partial charge < -0.3 is 15.3 Å². The fourth-order valence-corrected chi connectivity index (χ4v) is 2.18. The Kier molecular flexibility index (Phi) is 5.65. The smallest absolute Gasteiger partial charge is 0.0686 e. The lowest BCUT2D eigenvalue weighted by molar-refractivity contribution is 0.201. The molecule has 0 aromatic heterocycles. The van der Waals surface area contributed by atoms with Crippen LogP contribution in [0.2, 0.25) is 5.02 Å². The molecule has 19 heavy (non-hydrogen) atoms. The van der Waals surface area contributed by atoms with Gasteiger partial charge in [-0.3, -0.25) is 0 Å². The van der Waals surface area contributed by atoms with Crippen LogP contribution in [-0.4, -0.2) is 30.3 Å². The third kappa shape index (κ3) is 5.81. The first-order chi connectivity index (χ1) is 8.69. The van der Waals surface area contributed by atoms with Gasteiger partial charge in [-0.1, -0.05) is 17.7 Å². The number of hydrogen-bond acceptors (Lipinski definition) is 3. The number of rotatable bonds is 5. The van der Waals surface area contributed by atoms with Gasteiger partial charge in [0.1, 0.15) is 0 Å². The van der Waals surface area contributed by atoms with E-state index in [1.165, 1.54) is 0 Å². The second kappa shape index (κ2) is 6.60. The largest absolute Gasteiger partial charge is 0.392 e. The Balaban J connectivity index is 2.74. The average molecular weight is 285 g/mol. The minimum Gasteiger partial charge on any atom is -0.392 e. The number of likely N-dealkylation sites (N-methyl/N-ethyl adjacent to an activating group) is 1. The van der Waals surface area contributed by atoms with Crippen molar-refractivity contribution in [2.24, 2.45) is 0 Å². The van der Waals surface area contributed by atoms with Crippen LogP contribution in [0, 0.1) is 0 Å². The first-order valence-electron chi connectivity index (χ1n) is 6.61. The van der Waals surface area contributed by atoms with Crippen LogP contribution in [-0.2, 0) is 6.54 Å². The molecule has 108 valence electrons. The fourth-order valence-electron chi connectivity index (χ4n) is 1.83. The zero-order valence-corrected chi connectivity index (χ0v) is 13.3. The molecule has 0 aliphatic rings. The van der Waals surface area contributed by atoms with Gasteiger partial charge in [-0.2, -0.15) is 0 Å². The summed E-state index contributed by atoms with van der Waals surface area (Å²) < 4.78 is 0. The monoisotopic (exact) mass is 284 g/mol. The highest BCUT2D eigenvalue weighted by molar-refractivity contribution is 6.33. The van der Waals surface area contributed by atoms with Crippen LogP contribution in [0.1, 0.15) is 33.3 Å². The van der Waals surface area contributed by atoms with Crippen LogP contribution in [0.25, 0.3) is 0 Å². The molecule has 2 N–H and O–H groups in total. The minimum atomic E-state index is -0.372. The molecule has 0 fully saturated rings. The molecule has 1 atom stereocenters.